The van der Waals surface area contributed by atoms with E-state index in [4.69, 9.17) is 29.4 Å². The van der Waals surface area contributed by atoms with Gasteiger partial charge in [0.05, 0.1) is 6.61 Å². The Bertz CT molecular complexity index is 1560. The van der Waals surface area contributed by atoms with Gasteiger partial charge < -0.3 is 24.0 Å². The Kier molecular flexibility index (Phi) is 13.3. The Morgan fingerprint density at radius 3 is 2.09 bits per heavy atom. The highest BCUT2D eigenvalue weighted by Gasteiger charge is 2.19. The van der Waals surface area contributed by atoms with Crippen molar-refractivity contribution in [2.45, 2.75) is 111 Å². The average Bonchev–Trinajstić information content (AvgIpc) is 3.37. The van der Waals surface area contributed by atoms with Crippen LogP contribution < -0.4 is 10.1 Å². The van der Waals surface area contributed by atoms with E-state index >= 15 is 0 Å². The van der Waals surface area contributed by atoms with E-state index in [1.54, 1.807) is 39.8 Å². The number of unbranched alkanes of at least 4 members (excludes halogenated alkanes) is 3. The summed E-state index contributed by atoms with van der Waals surface area (Å²) < 4.78 is 22.5. The van der Waals surface area contributed by atoms with Crippen LogP contribution in [-0.2, 0) is 15.9 Å². The van der Waals surface area contributed by atoms with E-state index < -0.39 is 23.4 Å². The number of carbonyl (C=O) groups is 2. The number of benzene rings is 2. The van der Waals surface area contributed by atoms with E-state index in [1.807, 2.05) is 57.2 Å². The van der Waals surface area contributed by atoms with E-state index in [-0.39, 0.29) is 5.84 Å². The fourth-order valence-electron chi connectivity index (χ4n) is 4.73. The second kappa shape index (κ2) is 16.9. The average molecular weight is 647 g/mol. The van der Waals surface area contributed by atoms with Gasteiger partial charge in [0.15, 0.2) is 0 Å². The molecule has 0 atom stereocenters. The van der Waals surface area contributed by atoms with Crippen LogP contribution in [-0.4, -0.2) is 47.3 Å². The number of hydrogen-bond acceptors (Lipinski definition) is 8. The standard InChI is InChI=1S/C37H50N4O6/c1-25(38)26-16-19-30(20-17-26)44-22-12-8-9-13-29(40-34(42)46-36(2,3)4)14-10-11-15-31-24-28-23-27(18-21-32(28)45-31)33(39)41-35(43)47-37(5,6)7/h16-21,23-24,38H,8-15,22H2,1-7H3,(H2,39,41,43). The topological polar surface area (TPSA) is 147 Å². The Balaban J connectivity index is 1.48. The molecule has 0 bridgehead atoms. The number of fused-ring (bicyclic) bond motifs is 1. The second-order valence-corrected chi connectivity index (χ2v) is 13.6. The van der Waals surface area contributed by atoms with Crippen LogP contribution in [0.2, 0.25) is 0 Å². The van der Waals surface area contributed by atoms with E-state index in [2.05, 4.69) is 10.3 Å². The van der Waals surface area contributed by atoms with E-state index in [1.165, 1.54) is 0 Å². The molecule has 0 saturated carbocycles. The molecule has 0 unspecified atom stereocenters. The van der Waals surface area contributed by atoms with Gasteiger partial charge >= 0.3 is 12.2 Å². The molecule has 1 heterocycles. The maximum atomic E-state index is 12.5. The summed E-state index contributed by atoms with van der Waals surface area (Å²) in [6.45, 7) is 13.2. The fraction of sp³-hybridized carbons (Fsp3) is 0.486. The van der Waals surface area contributed by atoms with Gasteiger partial charge in [-0.15, -0.1) is 0 Å². The van der Waals surface area contributed by atoms with Crippen molar-refractivity contribution in [2.24, 2.45) is 4.99 Å². The minimum absolute atomic E-state index is 0.0437. The number of aryl methyl sites for hydroxylation is 1. The van der Waals surface area contributed by atoms with Gasteiger partial charge in [-0.1, -0.05) is 0 Å². The molecule has 47 heavy (non-hydrogen) atoms. The fourth-order valence-corrected chi connectivity index (χ4v) is 4.73. The normalized spacial score (nSPS) is 12.1. The molecule has 3 rings (SSSR count). The summed E-state index contributed by atoms with van der Waals surface area (Å²) in [5.41, 5.74) is 2.25. The number of nitrogens with one attached hydrogen (secondary N) is 3. The third-order valence-corrected chi connectivity index (χ3v) is 6.93. The van der Waals surface area contributed by atoms with Gasteiger partial charge in [0.2, 0.25) is 0 Å². The van der Waals surface area contributed by atoms with Gasteiger partial charge in [0, 0.05) is 28.8 Å². The molecular weight excluding hydrogens is 596 g/mol. The third kappa shape index (κ3) is 13.8. The minimum Gasteiger partial charge on any atom is -0.494 e. The lowest BCUT2D eigenvalue weighted by Gasteiger charge is -2.19. The predicted molar refractivity (Wildman–Crippen MR) is 187 cm³/mol. The molecule has 3 aromatic rings. The highest BCUT2D eigenvalue weighted by atomic mass is 16.6. The maximum absolute atomic E-state index is 12.5. The quantitative estimate of drug-likeness (QED) is 0.0903. The monoisotopic (exact) mass is 646 g/mol. The van der Waals surface area contributed by atoms with Crippen LogP contribution >= 0.6 is 0 Å². The number of amides is 2. The van der Waals surface area contributed by atoms with Crippen molar-refractivity contribution in [3.05, 3.63) is 65.4 Å². The number of ether oxygens (including phenoxy) is 3. The van der Waals surface area contributed by atoms with Gasteiger partial charge in [-0.05, 0) is 148 Å². The van der Waals surface area contributed by atoms with Crippen LogP contribution in [0.3, 0.4) is 0 Å². The van der Waals surface area contributed by atoms with Crippen LogP contribution in [0, 0.1) is 10.8 Å². The number of nitrogens with zero attached hydrogens (tertiary/aromatic N) is 1. The number of aliphatic imine (C=N–C) groups is 1. The van der Waals surface area contributed by atoms with Crippen molar-refractivity contribution in [3.8, 4) is 5.75 Å². The van der Waals surface area contributed by atoms with Crippen LogP contribution in [0.4, 0.5) is 9.59 Å². The second-order valence-electron chi connectivity index (χ2n) is 13.6. The smallest absolute Gasteiger partial charge is 0.434 e. The van der Waals surface area contributed by atoms with Crippen LogP contribution in [0.15, 0.2) is 57.9 Å². The summed E-state index contributed by atoms with van der Waals surface area (Å²) in [5, 5.41) is 19.3. The Hall–Kier alpha value is -4.47. The maximum Gasteiger partial charge on any atom is 0.434 e. The first kappa shape index (κ1) is 37.0. The van der Waals surface area contributed by atoms with Gasteiger partial charge in [-0.25, -0.2) is 9.59 Å². The lowest BCUT2D eigenvalue weighted by molar-refractivity contribution is 0.0560. The predicted octanol–water partition coefficient (Wildman–Crippen LogP) is 9.40. The highest BCUT2D eigenvalue weighted by Crippen LogP contribution is 2.23. The Morgan fingerprint density at radius 2 is 1.45 bits per heavy atom. The SMILES string of the molecule is CC(=N)c1ccc(OCCCCCC(CCCCc2cc3cc(C(=N)NC(=O)OC(C)(C)C)ccc3o2)=NC(=O)OC(C)(C)C)cc1. The Labute approximate surface area is 278 Å². The molecule has 0 aliphatic rings. The van der Waals surface area contributed by atoms with Crippen molar-refractivity contribution < 1.29 is 28.2 Å². The molecule has 3 N–H and O–H groups in total. The first-order chi connectivity index (χ1) is 22.1. The largest absolute Gasteiger partial charge is 0.494 e. The first-order valence-electron chi connectivity index (χ1n) is 16.3. The van der Waals surface area contributed by atoms with Crippen molar-refractivity contribution >= 4 is 40.4 Å². The molecule has 0 aliphatic carbocycles. The molecule has 1 aromatic heterocycles. The van der Waals surface area contributed by atoms with E-state index in [0.717, 1.165) is 66.7 Å². The first-order valence-corrected chi connectivity index (χ1v) is 16.3. The number of carbonyl (C=O) groups excluding carboxylic acids is 2. The number of rotatable bonds is 14. The number of furan rings is 1. The van der Waals surface area contributed by atoms with Crippen molar-refractivity contribution in [3.63, 3.8) is 0 Å². The Morgan fingerprint density at radius 1 is 0.809 bits per heavy atom. The highest BCUT2D eigenvalue weighted by molar-refractivity contribution is 6.06. The van der Waals surface area contributed by atoms with Crippen LogP contribution in [0.1, 0.15) is 110 Å². The van der Waals surface area contributed by atoms with Crippen molar-refractivity contribution in [1.29, 1.82) is 10.8 Å². The lowest BCUT2D eigenvalue weighted by atomic mass is 10.0. The van der Waals surface area contributed by atoms with Crippen LogP contribution in [0.25, 0.3) is 11.0 Å². The zero-order valence-electron chi connectivity index (χ0n) is 28.9. The lowest BCUT2D eigenvalue weighted by Crippen LogP contribution is -2.36. The molecule has 0 spiro atoms. The van der Waals surface area contributed by atoms with E-state index in [0.29, 0.717) is 36.3 Å². The molecule has 0 aliphatic heterocycles. The molecule has 10 heteroatoms. The molecule has 2 amide bonds. The van der Waals surface area contributed by atoms with Crippen molar-refractivity contribution in [2.75, 3.05) is 6.61 Å². The van der Waals surface area contributed by atoms with Gasteiger partial charge in [-0.2, -0.15) is 4.99 Å². The van der Waals surface area contributed by atoms with Crippen LogP contribution in [0.5, 0.6) is 5.75 Å². The van der Waals surface area contributed by atoms with Crippen molar-refractivity contribution in [1.82, 2.24) is 5.32 Å². The number of alkyl carbamates (subject to hydrolysis) is 1. The summed E-state index contributed by atoms with van der Waals surface area (Å²) in [7, 11) is 0. The summed E-state index contributed by atoms with van der Waals surface area (Å²) in [5.74, 6) is 1.58. The molecule has 10 nitrogen and oxygen atoms in total. The van der Waals surface area contributed by atoms with Gasteiger partial charge in [0.25, 0.3) is 0 Å². The van der Waals surface area contributed by atoms with E-state index in [9.17, 15) is 9.59 Å². The molecule has 2 aromatic carbocycles. The number of hydrogen-bond donors (Lipinski definition) is 3. The summed E-state index contributed by atoms with van der Waals surface area (Å²) in [4.78, 5) is 28.9. The molecule has 0 saturated heterocycles. The summed E-state index contributed by atoms with van der Waals surface area (Å²) in [6, 6.07) is 14.9. The summed E-state index contributed by atoms with van der Waals surface area (Å²) >= 11 is 0. The zero-order chi connectivity index (χ0) is 34.6. The molecule has 0 fully saturated rings. The van der Waals surface area contributed by atoms with Gasteiger partial charge in [0.1, 0.15) is 34.1 Å². The summed E-state index contributed by atoms with van der Waals surface area (Å²) in [6.07, 6.45) is 5.29. The molecule has 254 valence electrons. The van der Waals surface area contributed by atoms with Gasteiger partial charge in [-0.3, -0.25) is 10.7 Å². The molecule has 0 radical (unpaired) electrons. The zero-order valence-corrected chi connectivity index (χ0v) is 28.9. The number of amidine groups is 1. The third-order valence-electron chi connectivity index (χ3n) is 6.93. The molecular formula is C37H50N4O6. The minimum atomic E-state index is -0.670.